The largest absolute Gasteiger partial charge is 0.481 e. The molecule has 4 nitrogen and oxygen atoms in total. The van der Waals surface area contributed by atoms with Gasteiger partial charge in [0.25, 0.3) is 0 Å². The number of amides is 1. The van der Waals surface area contributed by atoms with Gasteiger partial charge in [-0.25, -0.2) is 0 Å². The lowest BCUT2D eigenvalue weighted by atomic mass is 10.1. The standard InChI is InChI=1S/C12H13Cl2NO3/c1-7(12(17)18)11(16)15(2)6-8-4-3-5-9(13)10(8)14/h3-5,7H,6H2,1-2H3,(H,17,18). The highest BCUT2D eigenvalue weighted by atomic mass is 35.5. The Kier molecular flexibility index (Phi) is 4.99. The highest BCUT2D eigenvalue weighted by Gasteiger charge is 2.24. The average molecular weight is 290 g/mol. The zero-order chi connectivity index (χ0) is 13.9. The fraction of sp³-hybridized carbons (Fsp3) is 0.333. The molecule has 6 heteroatoms. The van der Waals surface area contributed by atoms with Gasteiger partial charge in [-0.15, -0.1) is 0 Å². The number of hydrogen-bond donors (Lipinski definition) is 1. The molecule has 1 atom stereocenters. The smallest absolute Gasteiger partial charge is 0.315 e. The molecule has 0 spiro atoms. The van der Waals surface area contributed by atoms with Crippen LogP contribution in [0.5, 0.6) is 0 Å². The van der Waals surface area contributed by atoms with Gasteiger partial charge < -0.3 is 10.0 Å². The van der Waals surface area contributed by atoms with Gasteiger partial charge in [0.15, 0.2) is 0 Å². The van der Waals surface area contributed by atoms with E-state index in [1.807, 2.05) is 0 Å². The highest BCUT2D eigenvalue weighted by molar-refractivity contribution is 6.42. The highest BCUT2D eigenvalue weighted by Crippen LogP contribution is 2.26. The van der Waals surface area contributed by atoms with Crippen LogP contribution in [0, 0.1) is 5.92 Å². The predicted octanol–water partition coefficient (Wildman–Crippen LogP) is 2.67. The summed E-state index contributed by atoms with van der Waals surface area (Å²) >= 11 is 11.9. The third-order valence-corrected chi connectivity index (χ3v) is 3.41. The van der Waals surface area contributed by atoms with Crippen molar-refractivity contribution in [1.82, 2.24) is 4.90 Å². The summed E-state index contributed by atoms with van der Waals surface area (Å²) in [4.78, 5) is 23.8. The summed E-state index contributed by atoms with van der Waals surface area (Å²) in [5.74, 6) is -2.70. The molecule has 0 aliphatic carbocycles. The van der Waals surface area contributed by atoms with Crippen molar-refractivity contribution in [3.8, 4) is 0 Å². The third kappa shape index (κ3) is 3.37. The molecule has 0 aliphatic heterocycles. The zero-order valence-electron chi connectivity index (χ0n) is 9.98. The van der Waals surface area contributed by atoms with Gasteiger partial charge in [0.05, 0.1) is 10.0 Å². The number of carbonyl (C=O) groups is 2. The van der Waals surface area contributed by atoms with Crippen LogP contribution in [-0.2, 0) is 16.1 Å². The normalized spacial score (nSPS) is 12.0. The van der Waals surface area contributed by atoms with Crippen molar-refractivity contribution in [2.24, 2.45) is 5.92 Å². The number of rotatable bonds is 4. The summed E-state index contributed by atoms with van der Waals surface area (Å²) in [5, 5.41) is 9.55. The first-order valence-corrected chi connectivity index (χ1v) is 6.01. The van der Waals surface area contributed by atoms with E-state index in [-0.39, 0.29) is 6.54 Å². The Labute approximate surface area is 115 Å². The maximum atomic E-state index is 11.8. The summed E-state index contributed by atoms with van der Waals surface area (Å²) in [6, 6.07) is 5.11. The van der Waals surface area contributed by atoms with Gasteiger partial charge in [-0.2, -0.15) is 0 Å². The second-order valence-corrected chi connectivity index (χ2v) is 4.75. The van der Waals surface area contributed by atoms with Crippen LogP contribution in [0.3, 0.4) is 0 Å². The minimum atomic E-state index is -1.15. The molecule has 0 bridgehead atoms. The van der Waals surface area contributed by atoms with Crippen LogP contribution in [0.1, 0.15) is 12.5 Å². The number of hydrogen-bond acceptors (Lipinski definition) is 2. The van der Waals surface area contributed by atoms with Gasteiger partial charge in [-0.1, -0.05) is 35.3 Å². The number of aliphatic carboxylic acids is 1. The van der Waals surface area contributed by atoms with Crippen molar-refractivity contribution in [2.45, 2.75) is 13.5 Å². The number of carbonyl (C=O) groups excluding carboxylic acids is 1. The number of halogens is 2. The van der Waals surface area contributed by atoms with Gasteiger partial charge in [0.1, 0.15) is 5.92 Å². The van der Waals surface area contributed by atoms with E-state index in [0.717, 1.165) is 0 Å². The summed E-state index contributed by atoms with van der Waals surface area (Å²) in [6.07, 6.45) is 0. The van der Waals surface area contributed by atoms with Crippen LogP contribution >= 0.6 is 23.2 Å². The molecule has 0 saturated heterocycles. The van der Waals surface area contributed by atoms with E-state index in [2.05, 4.69) is 0 Å². The van der Waals surface area contributed by atoms with E-state index in [4.69, 9.17) is 28.3 Å². The fourth-order valence-corrected chi connectivity index (χ4v) is 1.82. The Morgan fingerprint density at radius 2 is 2.00 bits per heavy atom. The Hall–Kier alpha value is -1.26. The summed E-state index contributed by atoms with van der Waals surface area (Å²) in [5.41, 5.74) is 0.678. The lowest BCUT2D eigenvalue weighted by Gasteiger charge is -2.20. The van der Waals surface area contributed by atoms with Crippen molar-refractivity contribution in [3.05, 3.63) is 33.8 Å². The average Bonchev–Trinajstić information content (AvgIpc) is 2.32. The number of benzene rings is 1. The van der Waals surface area contributed by atoms with Crippen molar-refractivity contribution in [3.63, 3.8) is 0 Å². The topological polar surface area (TPSA) is 57.6 Å². The van der Waals surface area contributed by atoms with Gasteiger partial charge in [-0.05, 0) is 18.6 Å². The minimum Gasteiger partial charge on any atom is -0.481 e. The van der Waals surface area contributed by atoms with Gasteiger partial charge in [0.2, 0.25) is 5.91 Å². The molecule has 1 aromatic carbocycles. The van der Waals surface area contributed by atoms with Crippen molar-refractivity contribution in [2.75, 3.05) is 7.05 Å². The molecule has 0 fully saturated rings. The van der Waals surface area contributed by atoms with Gasteiger partial charge in [-0.3, -0.25) is 9.59 Å². The van der Waals surface area contributed by atoms with E-state index in [9.17, 15) is 9.59 Å². The lowest BCUT2D eigenvalue weighted by molar-refractivity contribution is -0.149. The molecule has 0 aromatic heterocycles. The van der Waals surface area contributed by atoms with Crippen molar-refractivity contribution >= 4 is 35.1 Å². The SMILES string of the molecule is CC(C(=O)O)C(=O)N(C)Cc1cccc(Cl)c1Cl. The molecule has 1 N–H and O–H groups in total. The molecular formula is C12H13Cl2NO3. The first-order valence-electron chi connectivity index (χ1n) is 5.25. The maximum Gasteiger partial charge on any atom is 0.315 e. The number of carboxylic acids is 1. The van der Waals surface area contributed by atoms with Crippen molar-refractivity contribution in [1.29, 1.82) is 0 Å². The first kappa shape index (κ1) is 14.8. The maximum absolute atomic E-state index is 11.8. The molecule has 98 valence electrons. The second-order valence-electron chi connectivity index (χ2n) is 3.97. The Morgan fingerprint density at radius 3 is 2.56 bits per heavy atom. The lowest BCUT2D eigenvalue weighted by Crippen LogP contribution is -2.35. The quantitative estimate of drug-likeness (QED) is 0.867. The van der Waals surface area contributed by atoms with E-state index in [1.54, 1.807) is 18.2 Å². The summed E-state index contributed by atoms with van der Waals surface area (Å²) in [6.45, 7) is 1.57. The molecule has 1 aromatic rings. The van der Waals surface area contributed by atoms with Crippen LogP contribution < -0.4 is 0 Å². The Bertz CT molecular complexity index is 476. The van der Waals surface area contributed by atoms with E-state index in [0.29, 0.717) is 15.6 Å². The monoisotopic (exact) mass is 289 g/mol. The van der Waals surface area contributed by atoms with Crippen LogP contribution in [0.4, 0.5) is 0 Å². The molecular weight excluding hydrogens is 277 g/mol. The Balaban J connectivity index is 2.82. The van der Waals surface area contributed by atoms with E-state index >= 15 is 0 Å². The van der Waals surface area contributed by atoms with Crippen LogP contribution in [-0.4, -0.2) is 28.9 Å². The van der Waals surface area contributed by atoms with Gasteiger partial charge in [0, 0.05) is 13.6 Å². The molecule has 0 heterocycles. The molecule has 1 rings (SSSR count). The van der Waals surface area contributed by atoms with E-state index in [1.165, 1.54) is 18.9 Å². The third-order valence-electron chi connectivity index (χ3n) is 2.56. The summed E-state index contributed by atoms with van der Waals surface area (Å²) < 4.78 is 0. The van der Waals surface area contributed by atoms with Crippen LogP contribution in [0.2, 0.25) is 10.0 Å². The number of carboxylic acid groups (broad SMARTS) is 1. The number of nitrogens with zero attached hydrogens (tertiary/aromatic N) is 1. The zero-order valence-corrected chi connectivity index (χ0v) is 11.5. The molecule has 0 aliphatic rings. The van der Waals surface area contributed by atoms with Crippen LogP contribution in [0.25, 0.3) is 0 Å². The van der Waals surface area contributed by atoms with Crippen LogP contribution in [0.15, 0.2) is 18.2 Å². The molecule has 0 saturated carbocycles. The molecule has 18 heavy (non-hydrogen) atoms. The second kappa shape index (κ2) is 6.07. The minimum absolute atomic E-state index is 0.218. The molecule has 1 unspecified atom stereocenters. The predicted molar refractivity (Wildman–Crippen MR) is 69.7 cm³/mol. The fourth-order valence-electron chi connectivity index (χ4n) is 1.44. The first-order chi connectivity index (χ1) is 8.34. The molecule has 1 amide bonds. The molecule has 0 radical (unpaired) electrons. The van der Waals surface area contributed by atoms with E-state index < -0.39 is 17.8 Å². The Morgan fingerprint density at radius 1 is 1.39 bits per heavy atom. The summed E-state index contributed by atoms with van der Waals surface area (Å²) in [7, 11) is 1.53. The van der Waals surface area contributed by atoms with Gasteiger partial charge >= 0.3 is 5.97 Å². The van der Waals surface area contributed by atoms with Crippen molar-refractivity contribution < 1.29 is 14.7 Å².